The first kappa shape index (κ1) is 12.5. The van der Waals surface area contributed by atoms with Gasteiger partial charge in [0, 0.05) is 11.6 Å². The Morgan fingerprint density at radius 2 is 2.13 bits per heavy atom. The highest BCUT2D eigenvalue weighted by atomic mass is 35.5. The van der Waals surface area contributed by atoms with E-state index in [1.54, 1.807) is 0 Å². The van der Waals surface area contributed by atoms with E-state index in [-0.39, 0.29) is 0 Å². The molecule has 0 aliphatic carbocycles. The fourth-order valence-corrected chi connectivity index (χ4v) is 1.46. The summed E-state index contributed by atoms with van der Waals surface area (Å²) in [5, 5.41) is 4.03. The van der Waals surface area contributed by atoms with Crippen molar-refractivity contribution in [2.24, 2.45) is 0 Å². The van der Waals surface area contributed by atoms with Crippen molar-refractivity contribution in [1.29, 1.82) is 0 Å². The van der Waals surface area contributed by atoms with Crippen molar-refractivity contribution in [2.75, 3.05) is 19.7 Å². The molecule has 15 heavy (non-hydrogen) atoms. The maximum absolute atomic E-state index is 5.99. The Kier molecular flexibility index (Phi) is 6.41. The highest BCUT2D eigenvalue weighted by molar-refractivity contribution is 6.31. The van der Waals surface area contributed by atoms with Crippen molar-refractivity contribution in [3.8, 4) is 0 Å². The molecule has 2 nitrogen and oxygen atoms in total. The van der Waals surface area contributed by atoms with Gasteiger partial charge in [-0.05, 0) is 31.1 Å². The zero-order valence-corrected chi connectivity index (χ0v) is 9.89. The molecule has 1 rings (SSSR count). The van der Waals surface area contributed by atoms with E-state index in [1.165, 1.54) is 0 Å². The van der Waals surface area contributed by atoms with Gasteiger partial charge in [0.1, 0.15) is 0 Å². The van der Waals surface area contributed by atoms with Gasteiger partial charge in [0.25, 0.3) is 0 Å². The first-order chi connectivity index (χ1) is 7.34. The molecule has 0 amide bonds. The SMILES string of the molecule is CCNCCCOCc1ccccc1Cl. The van der Waals surface area contributed by atoms with Crippen molar-refractivity contribution in [3.05, 3.63) is 34.9 Å². The number of rotatable bonds is 7. The van der Waals surface area contributed by atoms with Crippen LogP contribution < -0.4 is 5.32 Å². The second-order valence-corrected chi connectivity index (χ2v) is 3.76. The maximum Gasteiger partial charge on any atom is 0.0731 e. The summed E-state index contributed by atoms with van der Waals surface area (Å²) in [4.78, 5) is 0. The van der Waals surface area contributed by atoms with Crippen molar-refractivity contribution in [1.82, 2.24) is 5.32 Å². The van der Waals surface area contributed by atoms with Crippen LogP contribution in [-0.4, -0.2) is 19.7 Å². The van der Waals surface area contributed by atoms with Gasteiger partial charge < -0.3 is 10.1 Å². The van der Waals surface area contributed by atoms with Crippen LogP contribution in [0.3, 0.4) is 0 Å². The second-order valence-electron chi connectivity index (χ2n) is 3.35. The highest BCUT2D eigenvalue weighted by Crippen LogP contribution is 2.15. The van der Waals surface area contributed by atoms with Gasteiger partial charge in [-0.25, -0.2) is 0 Å². The molecule has 1 aromatic carbocycles. The van der Waals surface area contributed by atoms with Crippen LogP contribution in [0.5, 0.6) is 0 Å². The van der Waals surface area contributed by atoms with Gasteiger partial charge >= 0.3 is 0 Å². The zero-order chi connectivity index (χ0) is 10.9. The van der Waals surface area contributed by atoms with Crippen LogP contribution in [0.1, 0.15) is 18.9 Å². The van der Waals surface area contributed by atoms with Crippen LogP contribution in [0.2, 0.25) is 5.02 Å². The molecule has 0 heterocycles. The van der Waals surface area contributed by atoms with Gasteiger partial charge in [-0.3, -0.25) is 0 Å². The first-order valence-electron chi connectivity index (χ1n) is 5.36. The summed E-state index contributed by atoms with van der Waals surface area (Å²) >= 11 is 5.99. The Bertz CT molecular complexity index is 278. The zero-order valence-electron chi connectivity index (χ0n) is 9.13. The quantitative estimate of drug-likeness (QED) is 0.724. The van der Waals surface area contributed by atoms with E-state index in [1.807, 2.05) is 24.3 Å². The lowest BCUT2D eigenvalue weighted by molar-refractivity contribution is 0.118. The van der Waals surface area contributed by atoms with E-state index in [4.69, 9.17) is 16.3 Å². The molecule has 1 aromatic rings. The van der Waals surface area contributed by atoms with E-state index in [0.29, 0.717) is 6.61 Å². The first-order valence-corrected chi connectivity index (χ1v) is 5.74. The third-order valence-corrected chi connectivity index (χ3v) is 2.48. The topological polar surface area (TPSA) is 21.3 Å². The van der Waals surface area contributed by atoms with E-state index < -0.39 is 0 Å². The lowest BCUT2D eigenvalue weighted by Gasteiger charge is -2.06. The Morgan fingerprint density at radius 3 is 2.87 bits per heavy atom. The van der Waals surface area contributed by atoms with Gasteiger partial charge in [0.15, 0.2) is 0 Å². The number of halogens is 1. The van der Waals surface area contributed by atoms with Gasteiger partial charge in [-0.15, -0.1) is 0 Å². The second kappa shape index (κ2) is 7.69. The number of hydrogen-bond acceptors (Lipinski definition) is 2. The molecule has 0 fully saturated rings. The summed E-state index contributed by atoms with van der Waals surface area (Å²) in [5.74, 6) is 0. The molecule has 0 aliphatic rings. The predicted octanol–water partition coefficient (Wildman–Crippen LogP) is 2.86. The molecule has 0 aliphatic heterocycles. The van der Waals surface area contributed by atoms with Crippen molar-refractivity contribution >= 4 is 11.6 Å². The summed E-state index contributed by atoms with van der Waals surface area (Å²) in [7, 11) is 0. The molecular weight excluding hydrogens is 210 g/mol. The summed E-state index contributed by atoms with van der Waals surface area (Å²) < 4.78 is 5.52. The summed E-state index contributed by atoms with van der Waals surface area (Å²) in [6.45, 7) is 5.51. The smallest absolute Gasteiger partial charge is 0.0731 e. The number of ether oxygens (including phenoxy) is 1. The molecule has 0 unspecified atom stereocenters. The Balaban J connectivity index is 2.12. The van der Waals surface area contributed by atoms with Crippen molar-refractivity contribution in [3.63, 3.8) is 0 Å². The van der Waals surface area contributed by atoms with Crippen molar-refractivity contribution < 1.29 is 4.74 Å². The van der Waals surface area contributed by atoms with Crippen LogP contribution in [-0.2, 0) is 11.3 Å². The lowest BCUT2D eigenvalue weighted by Crippen LogP contribution is -2.15. The molecular formula is C12H18ClNO. The molecule has 3 heteroatoms. The van der Waals surface area contributed by atoms with E-state index in [2.05, 4.69) is 12.2 Å². The van der Waals surface area contributed by atoms with Crippen LogP contribution in [0.15, 0.2) is 24.3 Å². The highest BCUT2D eigenvalue weighted by Gasteiger charge is 1.97. The molecule has 84 valence electrons. The van der Waals surface area contributed by atoms with Crippen LogP contribution in [0.25, 0.3) is 0 Å². The summed E-state index contributed by atoms with van der Waals surface area (Å²) in [6, 6.07) is 7.78. The monoisotopic (exact) mass is 227 g/mol. The minimum Gasteiger partial charge on any atom is -0.377 e. The Labute approximate surface area is 96.6 Å². The molecule has 1 N–H and O–H groups in total. The summed E-state index contributed by atoms with van der Waals surface area (Å²) in [5.41, 5.74) is 1.06. The largest absolute Gasteiger partial charge is 0.377 e. The fraction of sp³-hybridized carbons (Fsp3) is 0.500. The minimum absolute atomic E-state index is 0.603. The Morgan fingerprint density at radius 1 is 1.33 bits per heavy atom. The maximum atomic E-state index is 5.99. The van der Waals surface area contributed by atoms with Gasteiger partial charge in [0.05, 0.1) is 6.61 Å². The van der Waals surface area contributed by atoms with Crippen LogP contribution in [0, 0.1) is 0 Å². The van der Waals surface area contributed by atoms with Crippen LogP contribution >= 0.6 is 11.6 Å². The number of hydrogen-bond donors (Lipinski definition) is 1. The number of benzene rings is 1. The average molecular weight is 228 g/mol. The summed E-state index contributed by atoms with van der Waals surface area (Å²) in [6.07, 6.45) is 1.04. The lowest BCUT2D eigenvalue weighted by atomic mass is 10.2. The molecule has 0 atom stereocenters. The normalized spacial score (nSPS) is 10.5. The van der Waals surface area contributed by atoms with E-state index in [9.17, 15) is 0 Å². The van der Waals surface area contributed by atoms with Gasteiger partial charge in [-0.2, -0.15) is 0 Å². The minimum atomic E-state index is 0.603. The molecule has 0 saturated carbocycles. The van der Waals surface area contributed by atoms with E-state index >= 15 is 0 Å². The van der Waals surface area contributed by atoms with Gasteiger partial charge in [0.2, 0.25) is 0 Å². The third kappa shape index (κ3) is 5.17. The third-order valence-electron chi connectivity index (χ3n) is 2.11. The number of nitrogens with one attached hydrogen (secondary N) is 1. The fourth-order valence-electron chi connectivity index (χ4n) is 1.27. The van der Waals surface area contributed by atoms with Crippen molar-refractivity contribution in [2.45, 2.75) is 20.0 Å². The molecule has 0 aromatic heterocycles. The molecule has 0 saturated heterocycles. The van der Waals surface area contributed by atoms with Gasteiger partial charge in [-0.1, -0.05) is 36.7 Å². The molecule has 0 spiro atoms. The van der Waals surface area contributed by atoms with E-state index in [0.717, 1.165) is 36.7 Å². The van der Waals surface area contributed by atoms with Crippen LogP contribution in [0.4, 0.5) is 0 Å². The predicted molar refractivity (Wildman–Crippen MR) is 64.3 cm³/mol. The molecule has 0 bridgehead atoms. The standard InChI is InChI=1S/C12H18ClNO/c1-2-14-8-5-9-15-10-11-6-3-4-7-12(11)13/h3-4,6-7,14H,2,5,8-10H2,1H3. The molecule has 0 radical (unpaired) electrons. The average Bonchev–Trinajstić information content (AvgIpc) is 2.25. The Hall–Kier alpha value is -0.570.